The molecule has 9 heteroatoms. The number of rotatable bonds is 3. The fourth-order valence-electron chi connectivity index (χ4n) is 14.4. The Morgan fingerprint density at radius 1 is 1.08 bits per heavy atom. The van der Waals surface area contributed by atoms with Crippen molar-refractivity contribution in [2.45, 2.75) is 87.0 Å². The van der Waals surface area contributed by atoms with Crippen LogP contribution in [0.2, 0.25) is 0 Å². The van der Waals surface area contributed by atoms with Crippen molar-refractivity contribution in [2.24, 2.45) is 36.1 Å². The van der Waals surface area contributed by atoms with Gasteiger partial charge in [-0.05, 0) is 75.8 Å². The predicted octanol–water partition coefficient (Wildman–Crippen LogP) is 4.15. The summed E-state index contributed by atoms with van der Waals surface area (Å²) in [5, 5.41) is 26.6. The molecule has 9 heterocycles. The van der Waals surface area contributed by atoms with Gasteiger partial charge in [-0.1, -0.05) is 48.0 Å². The van der Waals surface area contributed by atoms with E-state index in [1.165, 1.54) is 34.8 Å². The van der Waals surface area contributed by atoms with Gasteiger partial charge in [0.05, 0.1) is 31.9 Å². The van der Waals surface area contributed by atoms with Gasteiger partial charge in [0.25, 0.3) is 0 Å². The van der Waals surface area contributed by atoms with Crippen LogP contribution in [0.25, 0.3) is 10.9 Å². The second kappa shape index (κ2) is 10.1. The fraction of sp³-hybridized carbons (Fsp3) is 0.595. The zero-order valence-electron chi connectivity index (χ0n) is 30.3. The average Bonchev–Trinajstić information content (AvgIpc) is 3.66. The molecule has 9 nitrogen and oxygen atoms in total. The highest BCUT2D eigenvalue weighted by Gasteiger charge is 2.83. The Bertz CT molecular complexity index is 2040. The maximum absolute atomic E-state index is 14.1. The number of piperidine rings is 5. The van der Waals surface area contributed by atoms with Crippen LogP contribution in [-0.4, -0.2) is 100 Å². The number of hydrogen-bond donors (Lipinski definition) is 2. The lowest BCUT2D eigenvalue weighted by molar-refractivity contribution is -0.287. The molecule has 1 spiro atoms. The number of aliphatic hydroxyl groups excluding tert-OH is 1. The number of aliphatic hydroxyl groups is 2. The van der Waals surface area contributed by atoms with Crippen LogP contribution in [0.3, 0.4) is 0 Å². The molecule has 12 rings (SSSR count). The number of methoxy groups -OCH3 is 1. The lowest BCUT2D eigenvalue weighted by Gasteiger charge is -2.62. The number of anilines is 1. The molecule has 1 saturated carbocycles. The standard InChI is InChI=1S/C42H50N4O5/c1-6-22-19-45-34-17-28(22)42(39(48)50-5)35(45)18-41(38(42)47)27-12-8-10-14-31(27)46(37(34)41)20-29-24-15-33-36-25(23-11-7-9-13-30(23)44(36)4)16-32(43(33)3)26(24)21-51-40(29,2)49/h6-14,24,26,28-29,32-35,37-38,47,49H,15-21H2,1-5H3. The van der Waals surface area contributed by atoms with E-state index in [2.05, 4.69) is 94.9 Å². The first-order chi connectivity index (χ1) is 24.6. The SMILES string of the molecule is CC=C1CN2C3CC1C1(C(=O)OC)C2CC2(c4ccccc4N(CC4C5CC6c7c(c8ccccc8n7C)CC(C5COC4(C)O)N6C)C32)C1O. The van der Waals surface area contributed by atoms with Gasteiger partial charge in [0.15, 0.2) is 5.79 Å². The number of para-hydroxylation sites is 2. The fourth-order valence-corrected chi connectivity index (χ4v) is 14.4. The van der Waals surface area contributed by atoms with Gasteiger partial charge in [-0.2, -0.15) is 0 Å². The smallest absolute Gasteiger partial charge is 0.316 e. The van der Waals surface area contributed by atoms with Crippen LogP contribution in [0.1, 0.15) is 56.0 Å². The Labute approximate surface area is 299 Å². The molecule has 2 aromatic carbocycles. The molecular formula is C42H50N4O5. The third kappa shape index (κ3) is 3.42. The summed E-state index contributed by atoms with van der Waals surface area (Å²) in [6.45, 7) is 5.98. The van der Waals surface area contributed by atoms with Gasteiger partial charge in [-0.3, -0.25) is 14.6 Å². The number of carbonyl (C=O) groups is 1. The summed E-state index contributed by atoms with van der Waals surface area (Å²) in [7, 11) is 6.01. The number of carbonyl (C=O) groups excluding carboxylic acids is 1. The van der Waals surface area contributed by atoms with Crippen molar-refractivity contribution in [2.75, 3.05) is 38.8 Å². The number of hydrogen-bond acceptors (Lipinski definition) is 8. The molecule has 0 radical (unpaired) electrons. The molecule has 7 bridgehead atoms. The van der Waals surface area contributed by atoms with Crippen molar-refractivity contribution >= 4 is 22.6 Å². The van der Waals surface area contributed by atoms with Gasteiger partial charge < -0.3 is 29.2 Å². The van der Waals surface area contributed by atoms with Gasteiger partial charge in [0, 0.05) is 83.7 Å². The second-order valence-corrected chi connectivity index (χ2v) is 17.5. The highest BCUT2D eigenvalue weighted by atomic mass is 16.6. The zero-order chi connectivity index (χ0) is 34.9. The maximum atomic E-state index is 14.1. The summed E-state index contributed by atoms with van der Waals surface area (Å²) in [6, 6.07) is 18.1. The molecule has 51 heavy (non-hydrogen) atoms. The molecule has 6 saturated heterocycles. The van der Waals surface area contributed by atoms with Crippen LogP contribution in [0.15, 0.2) is 60.2 Å². The molecule has 8 aliphatic heterocycles. The van der Waals surface area contributed by atoms with E-state index in [-0.39, 0.29) is 47.9 Å². The van der Waals surface area contributed by atoms with Crippen molar-refractivity contribution < 1.29 is 24.5 Å². The minimum Gasteiger partial charge on any atom is -0.468 e. The lowest BCUT2D eigenvalue weighted by atomic mass is 9.58. The van der Waals surface area contributed by atoms with Crippen molar-refractivity contribution in [1.82, 2.24) is 14.4 Å². The number of allylic oxidation sites excluding steroid dienone is 1. The normalized spacial score (nSPS) is 46.3. The molecule has 1 aliphatic carbocycles. The molecule has 3 aromatic rings. The van der Waals surface area contributed by atoms with Gasteiger partial charge >= 0.3 is 5.97 Å². The maximum Gasteiger partial charge on any atom is 0.316 e. The molecule has 0 amide bonds. The minimum absolute atomic E-state index is 0.0252. The number of esters is 1. The number of aromatic nitrogens is 1. The van der Waals surface area contributed by atoms with Crippen LogP contribution in [0.5, 0.6) is 0 Å². The first-order valence-electron chi connectivity index (χ1n) is 19.3. The highest BCUT2D eigenvalue weighted by Crippen LogP contribution is 2.73. The molecule has 1 aromatic heterocycles. The zero-order valence-corrected chi connectivity index (χ0v) is 30.3. The quantitative estimate of drug-likeness (QED) is 0.313. The van der Waals surface area contributed by atoms with Gasteiger partial charge in [0.1, 0.15) is 5.41 Å². The van der Waals surface area contributed by atoms with Crippen molar-refractivity contribution in [1.29, 1.82) is 0 Å². The molecular weight excluding hydrogens is 640 g/mol. The largest absolute Gasteiger partial charge is 0.468 e. The Morgan fingerprint density at radius 2 is 1.86 bits per heavy atom. The lowest BCUT2D eigenvalue weighted by Crippen LogP contribution is -2.72. The number of likely N-dealkylation sites (N-methyl/N-ethyl adjacent to an activating group) is 1. The Balaban J connectivity index is 1.03. The molecule has 268 valence electrons. The molecule has 9 aliphatic rings. The molecule has 14 atom stereocenters. The number of ether oxygens (including phenoxy) is 2. The Morgan fingerprint density at radius 3 is 2.67 bits per heavy atom. The predicted molar refractivity (Wildman–Crippen MR) is 193 cm³/mol. The molecule has 2 N–H and O–H groups in total. The summed E-state index contributed by atoms with van der Waals surface area (Å²) < 4.78 is 14.6. The summed E-state index contributed by atoms with van der Waals surface area (Å²) in [5.41, 5.74) is 6.15. The van der Waals surface area contributed by atoms with Crippen molar-refractivity contribution in [3.8, 4) is 0 Å². The summed E-state index contributed by atoms with van der Waals surface area (Å²) >= 11 is 0. The Hall–Kier alpha value is -3.21. The number of benzene rings is 2. The van der Waals surface area contributed by atoms with E-state index in [0.29, 0.717) is 25.1 Å². The van der Waals surface area contributed by atoms with Crippen molar-refractivity contribution in [3.63, 3.8) is 0 Å². The topological polar surface area (TPSA) is 90.6 Å². The van der Waals surface area contributed by atoms with E-state index in [1.807, 2.05) is 6.92 Å². The van der Waals surface area contributed by atoms with E-state index >= 15 is 0 Å². The minimum atomic E-state index is -1.30. The van der Waals surface area contributed by atoms with E-state index in [0.717, 1.165) is 43.5 Å². The van der Waals surface area contributed by atoms with Crippen molar-refractivity contribution in [3.05, 3.63) is 77.0 Å². The summed E-state index contributed by atoms with van der Waals surface area (Å²) in [5.74, 6) is -1.21. The first-order valence-corrected chi connectivity index (χ1v) is 19.3. The van der Waals surface area contributed by atoms with Gasteiger partial charge in [0.2, 0.25) is 0 Å². The third-order valence-electron chi connectivity index (χ3n) is 16.3. The highest BCUT2D eigenvalue weighted by molar-refractivity contribution is 5.86. The monoisotopic (exact) mass is 690 g/mol. The van der Waals surface area contributed by atoms with Crippen LogP contribution in [0.4, 0.5) is 5.69 Å². The van der Waals surface area contributed by atoms with E-state index < -0.39 is 22.7 Å². The van der Waals surface area contributed by atoms with Crippen LogP contribution in [-0.2, 0) is 33.2 Å². The second-order valence-electron chi connectivity index (χ2n) is 17.5. The summed E-state index contributed by atoms with van der Waals surface area (Å²) in [6.07, 6.45) is 4.79. The third-order valence-corrected chi connectivity index (χ3v) is 16.3. The van der Waals surface area contributed by atoms with Gasteiger partial charge in [-0.15, -0.1) is 0 Å². The number of fused-ring (bicyclic) bond motifs is 10. The molecule has 7 fully saturated rings. The van der Waals surface area contributed by atoms with E-state index in [1.54, 1.807) is 0 Å². The number of nitrogens with zero attached hydrogens (tertiary/aromatic N) is 4. The molecule has 14 unspecified atom stereocenters. The van der Waals surface area contributed by atoms with E-state index in [4.69, 9.17) is 9.47 Å². The Kier molecular flexibility index (Phi) is 6.17. The van der Waals surface area contributed by atoms with E-state index in [9.17, 15) is 15.0 Å². The van der Waals surface area contributed by atoms with Crippen LogP contribution >= 0.6 is 0 Å². The van der Waals surface area contributed by atoms with Gasteiger partial charge in [-0.25, -0.2) is 0 Å². The summed E-state index contributed by atoms with van der Waals surface area (Å²) in [4.78, 5) is 21.9. The average molecular weight is 691 g/mol. The van der Waals surface area contributed by atoms with Crippen LogP contribution in [0, 0.1) is 29.1 Å². The number of aryl methyl sites for hydroxylation is 1. The first kappa shape index (κ1) is 31.3. The van der Waals surface area contributed by atoms with Crippen LogP contribution < -0.4 is 4.90 Å².